The van der Waals surface area contributed by atoms with Crippen molar-refractivity contribution in [3.05, 3.63) is 149 Å². The second-order valence-electron chi connectivity index (χ2n) is 21.4. The van der Waals surface area contributed by atoms with Crippen LogP contribution in [0.4, 0.5) is 34.1 Å². The van der Waals surface area contributed by atoms with Crippen molar-refractivity contribution in [1.29, 1.82) is 0 Å². The second-order valence-corrected chi connectivity index (χ2v) is 21.4. The molecule has 1 aromatic heterocycles. The van der Waals surface area contributed by atoms with Crippen LogP contribution in [0.3, 0.4) is 0 Å². The van der Waals surface area contributed by atoms with Crippen molar-refractivity contribution in [2.75, 3.05) is 9.80 Å². The summed E-state index contributed by atoms with van der Waals surface area (Å²) in [6.07, 6.45) is 2.32. The third kappa shape index (κ3) is 5.84. The van der Waals surface area contributed by atoms with Crippen LogP contribution in [0, 0.1) is 13.8 Å². The van der Waals surface area contributed by atoms with Gasteiger partial charge in [-0.1, -0.05) is 136 Å². The Morgan fingerprint density at radius 1 is 0.567 bits per heavy atom. The monoisotopic (exact) mass is 786 g/mol. The molecular weight excluding hydrogens is 727 g/mol. The molecular formula is C56H59BN2O. The van der Waals surface area contributed by atoms with Crippen LogP contribution >= 0.6 is 0 Å². The molecule has 3 aliphatic rings. The highest BCUT2D eigenvalue weighted by atomic mass is 16.3. The maximum Gasteiger partial charge on any atom is 0.297 e. The van der Waals surface area contributed by atoms with Crippen molar-refractivity contribution in [2.45, 2.75) is 118 Å². The molecule has 6 aromatic carbocycles. The average Bonchev–Trinajstić information content (AvgIpc) is 3.57. The van der Waals surface area contributed by atoms with Gasteiger partial charge in [0.1, 0.15) is 5.58 Å². The maximum atomic E-state index is 7.50. The summed E-state index contributed by atoms with van der Waals surface area (Å²) in [6.45, 7) is 28.0. The molecule has 0 saturated heterocycles. The van der Waals surface area contributed by atoms with E-state index in [0.29, 0.717) is 0 Å². The van der Waals surface area contributed by atoms with Crippen LogP contribution in [-0.4, -0.2) is 6.71 Å². The fraction of sp³-hybridized carbons (Fsp3) is 0.321. The van der Waals surface area contributed by atoms with Gasteiger partial charge in [0.25, 0.3) is 6.71 Å². The van der Waals surface area contributed by atoms with Crippen LogP contribution in [0.25, 0.3) is 22.1 Å². The van der Waals surface area contributed by atoms with E-state index in [1.54, 1.807) is 0 Å². The predicted octanol–water partition coefficient (Wildman–Crippen LogP) is 13.7. The van der Waals surface area contributed by atoms with Gasteiger partial charge in [0, 0.05) is 33.7 Å². The lowest BCUT2D eigenvalue weighted by molar-refractivity contribution is 0.332. The van der Waals surface area contributed by atoms with Crippen molar-refractivity contribution in [3.63, 3.8) is 0 Å². The summed E-state index contributed by atoms with van der Waals surface area (Å²) in [5, 5.41) is 1.20. The van der Waals surface area contributed by atoms with Crippen LogP contribution < -0.4 is 26.4 Å². The Bertz CT molecular complexity index is 2880. The molecule has 0 bridgehead atoms. The van der Waals surface area contributed by atoms with E-state index in [4.69, 9.17) is 4.42 Å². The summed E-state index contributed by atoms with van der Waals surface area (Å²) in [6, 6.07) is 44.1. The van der Waals surface area contributed by atoms with Gasteiger partial charge in [-0.2, -0.15) is 0 Å². The van der Waals surface area contributed by atoms with Crippen LogP contribution in [0.5, 0.6) is 0 Å². The number of hydrogen-bond acceptors (Lipinski definition) is 3. The fourth-order valence-corrected chi connectivity index (χ4v) is 10.6. The van der Waals surface area contributed by atoms with Gasteiger partial charge >= 0.3 is 0 Å². The summed E-state index contributed by atoms with van der Waals surface area (Å²) < 4.78 is 7.50. The van der Waals surface area contributed by atoms with Crippen molar-refractivity contribution in [3.8, 4) is 11.1 Å². The molecule has 302 valence electrons. The Hall–Kier alpha value is -5.48. The van der Waals surface area contributed by atoms with Crippen LogP contribution in [-0.2, 0) is 21.7 Å². The molecule has 0 N–H and O–H groups in total. The van der Waals surface area contributed by atoms with E-state index in [1.165, 1.54) is 89.3 Å². The fourth-order valence-electron chi connectivity index (χ4n) is 10.6. The zero-order valence-electron chi connectivity index (χ0n) is 37.8. The van der Waals surface area contributed by atoms with Crippen LogP contribution in [0.15, 0.2) is 120 Å². The average molecular weight is 787 g/mol. The Labute approximate surface area is 358 Å². The molecule has 60 heavy (non-hydrogen) atoms. The standard InChI is InChI=1S/C56H59BN2O/c1-34-29-47-50-48(30-34)59(45-20-16-15-19-40(45)39-18-14-13-17-35(39)2)46-26-23-37(54(6,7)8)31-44(46)57(50)52-51(58(47)38-24-21-36(22-25-38)53(3,4)5)41-32-42-43(33-49(41)60-52)56(11,12)28-27-55(42,9)10/h13-26,29-33H,27-28H2,1-12H3. The zero-order chi connectivity index (χ0) is 42.3. The first-order valence-corrected chi connectivity index (χ1v) is 22.1. The van der Waals surface area contributed by atoms with Crippen molar-refractivity contribution < 1.29 is 4.42 Å². The molecule has 7 aromatic rings. The van der Waals surface area contributed by atoms with Gasteiger partial charge in [-0.15, -0.1) is 0 Å². The summed E-state index contributed by atoms with van der Waals surface area (Å²) in [4.78, 5) is 5.11. The Morgan fingerprint density at radius 2 is 1.15 bits per heavy atom. The van der Waals surface area contributed by atoms with E-state index in [2.05, 4.69) is 208 Å². The highest BCUT2D eigenvalue weighted by Gasteiger charge is 2.48. The van der Waals surface area contributed by atoms with Gasteiger partial charge in [-0.3, -0.25) is 0 Å². The molecule has 10 rings (SSSR count). The number of para-hydroxylation sites is 1. The highest BCUT2D eigenvalue weighted by Crippen LogP contribution is 2.52. The summed E-state index contributed by atoms with van der Waals surface area (Å²) in [5.74, 6) is 0. The third-order valence-corrected chi connectivity index (χ3v) is 14.2. The highest BCUT2D eigenvalue weighted by molar-refractivity contribution is 7.00. The summed E-state index contributed by atoms with van der Waals surface area (Å²) in [7, 11) is 0. The number of benzene rings is 6. The normalized spacial score (nSPS) is 16.4. The zero-order valence-corrected chi connectivity index (χ0v) is 37.8. The van der Waals surface area contributed by atoms with E-state index >= 15 is 0 Å². The molecule has 0 atom stereocenters. The number of aryl methyl sites for hydroxylation is 2. The van der Waals surface area contributed by atoms with Crippen LogP contribution in [0.1, 0.15) is 115 Å². The lowest BCUT2D eigenvalue weighted by Crippen LogP contribution is -2.61. The minimum Gasteiger partial charge on any atom is -0.468 e. The van der Waals surface area contributed by atoms with E-state index in [9.17, 15) is 0 Å². The van der Waals surface area contributed by atoms with Crippen molar-refractivity contribution >= 4 is 68.4 Å². The first-order valence-electron chi connectivity index (χ1n) is 22.1. The van der Waals surface area contributed by atoms with Gasteiger partial charge in [-0.05, 0) is 147 Å². The first kappa shape index (κ1) is 38.7. The van der Waals surface area contributed by atoms with E-state index < -0.39 is 0 Å². The molecule has 0 unspecified atom stereocenters. The molecule has 0 amide bonds. The van der Waals surface area contributed by atoms with Gasteiger partial charge in [0.2, 0.25) is 0 Å². The minimum atomic E-state index is -0.111. The quantitative estimate of drug-likeness (QED) is 0.166. The number of anilines is 6. The molecule has 0 saturated carbocycles. The molecule has 2 aliphatic heterocycles. The van der Waals surface area contributed by atoms with E-state index in [1.807, 2.05) is 0 Å². The number of furan rings is 1. The van der Waals surface area contributed by atoms with Gasteiger partial charge in [0.05, 0.1) is 17.0 Å². The lowest BCUT2D eigenvalue weighted by Gasteiger charge is -2.43. The smallest absolute Gasteiger partial charge is 0.297 e. The summed E-state index contributed by atoms with van der Waals surface area (Å²) >= 11 is 0. The van der Waals surface area contributed by atoms with E-state index in [0.717, 1.165) is 29.8 Å². The number of hydrogen-bond donors (Lipinski definition) is 0. The lowest BCUT2D eigenvalue weighted by atomic mass is 9.35. The van der Waals surface area contributed by atoms with Crippen molar-refractivity contribution in [1.82, 2.24) is 0 Å². The van der Waals surface area contributed by atoms with Gasteiger partial charge < -0.3 is 14.2 Å². The number of nitrogens with zero attached hydrogens (tertiary/aromatic N) is 2. The molecule has 3 nitrogen and oxygen atoms in total. The molecule has 0 radical (unpaired) electrons. The van der Waals surface area contributed by atoms with Crippen LogP contribution in [0.2, 0.25) is 0 Å². The summed E-state index contributed by atoms with van der Waals surface area (Å²) in [5.41, 5.74) is 22.3. The van der Waals surface area contributed by atoms with Crippen molar-refractivity contribution in [2.24, 2.45) is 0 Å². The Kier molecular flexibility index (Phi) is 8.40. The topological polar surface area (TPSA) is 19.6 Å². The SMILES string of the molecule is Cc1cc2c3c(c1)N(c1ccc(C(C)(C)C)cc1)c1c(oc4cc5c(cc14)C(C)(C)CCC5(C)C)B3c1cc(C(C)(C)C)ccc1N2c1ccccc1-c1ccccc1C. The Balaban J connectivity index is 1.33. The molecule has 1 aliphatic carbocycles. The predicted molar refractivity (Wildman–Crippen MR) is 258 cm³/mol. The van der Waals surface area contributed by atoms with Gasteiger partial charge in [-0.25, -0.2) is 0 Å². The number of fused-ring (bicyclic) bond motifs is 7. The van der Waals surface area contributed by atoms with E-state index in [-0.39, 0.29) is 28.4 Å². The molecule has 0 spiro atoms. The third-order valence-electron chi connectivity index (χ3n) is 14.2. The Morgan fingerprint density at radius 3 is 1.80 bits per heavy atom. The van der Waals surface area contributed by atoms with Gasteiger partial charge in [0.15, 0.2) is 0 Å². The molecule has 3 heterocycles. The second kappa shape index (κ2) is 13.0. The minimum absolute atomic E-state index is 0.0401. The maximum absolute atomic E-state index is 7.50. The number of rotatable bonds is 3. The first-order chi connectivity index (χ1) is 28.3. The molecule has 0 fully saturated rings. The molecule has 4 heteroatoms. The largest absolute Gasteiger partial charge is 0.468 e.